The SMILES string of the molecule is COC(=O)[C@@H]1C[C@@H](NC(=O)C(c2ccccc2)c2ccccc2)CN1CC1CCCCC1. The summed E-state index contributed by atoms with van der Waals surface area (Å²) < 4.78 is 5.10. The van der Waals surface area contributed by atoms with Crippen LogP contribution in [0, 0.1) is 5.92 Å². The fourth-order valence-electron chi connectivity index (χ4n) is 5.36. The molecule has 1 heterocycles. The number of carbonyl (C=O) groups excluding carboxylic acids is 2. The minimum absolute atomic E-state index is 0.0180. The largest absolute Gasteiger partial charge is 0.468 e. The zero-order chi connectivity index (χ0) is 22.3. The maximum atomic E-state index is 13.5. The summed E-state index contributed by atoms with van der Waals surface area (Å²) in [5.74, 6) is 0.0453. The first-order valence-corrected chi connectivity index (χ1v) is 11.9. The smallest absolute Gasteiger partial charge is 0.323 e. The molecule has 2 aromatic carbocycles. The van der Waals surface area contributed by atoms with Gasteiger partial charge in [-0.3, -0.25) is 14.5 Å². The van der Waals surface area contributed by atoms with Crippen molar-refractivity contribution >= 4 is 11.9 Å². The summed E-state index contributed by atoms with van der Waals surface area (Å²) in [4.78, 5) is 28.2. The van der Waals surface area contributed by atoms with Gasteiger partial charge in [-0.15, -0.1) is 0 Å². The molecule has 4 rings (SSSR count). The van der Waals surface area contributed by atoms with Crippen LogP contribution in [0.1, 0.15) is 55.6 Å². The zero-order valence-corrected chi connectivity index (χ0v) is 18.9. The monoisotopic (exact) mass is 434 g/mol. The summed E-state index contributed by atoms with van der Waals surface area (Å²) in [5, 5.41) is 3.26. The molecule has 0 bridgehead atoms. The number of hydrogen-bond donors (Lipinski definition) is 1. The fourth-order valence-corrected chi connectivity index (χ4v) is 5.36. The molecule has 1 saturated heterocycles. The van der Waals surface area contributed by atoms with E-state index in [9.17, 15) is 9.59 Å². The van der Waals surface area contributed by atoms with Crippen LogP contribution in [0.4, 0.5) is 0 Å². The highest BCUT2D eigenvalue weighted by Crippen LogP contribution is 2.29. The summed E-state index contributed by atoms with van der Waals surface area (Å²) in [7, 11) is 1.45. The Balaban J connectivity index is 1.48. The highest BCUT2D eigenvalue weighted by Gasteiger charge is 2.40. The lowest BCUT2D eigenvalue weighted by Crippen LogP contribution is -2.41. The van der Waals surface area contributed by atoms with Crippen molar-refractivity contribution in [2.45, 2.75) is 56.5 Å². The normalized spacial score (nSPS) is 22.1. The van der Waals surface area contributed by atoms with Crippen LogP contribution in [0.15, 0.2) is 60.7 Å². The van der Waals surface area contributed by atoms with E-state index in [1.807, 2.05) is 60.7 Å². The van der Waals surface area contributed by atoms with E-state index >= 15 is 0 Å². The molecule has 0 radical (unpaired) electrons. The van der Waals surface area contributed by atoms with Gasteiger partial charge < -0.3 is 10.1 Å². The van der Waals surface area contributed by atoms with Gasteiger partial charge in [-0.2, -0.15) is 0 Å². The van der Waals surface area contributed by atoms with E-state index in [1.165, 1.54) is 39.2 Å². The van der Waals surface area contributed by atoms with Crippen LogP contribution in [-0.4, -0.2) is 49.1 Å². The van der Waals surface area contributed by atoms with Crippen molar-refractivity contribution in [3.8, 4) is 0 Å². The molecule has 0 aromatic heterocycles. The number of nitrogens with one attached hydrogen (secondary N) is 1. The van der Waals surface area contributed by atoms with E-state index in [-0.39, 0.29) is 29.9 Å². The number of methoxy groups -OCH3 is 1. The average molecular weight is 435 g/mol. The second-order valence-corrected chi connectivity index (χ2v) is 9.19. The minimum atomic E-state index is -0.374. The third-order valence-corrected chi connectivity index (χ3v) is 6.97. The molecule has 2 aliphatic rings. The minimum Gasteiger partial charge on any atom is -0.468 e. The number of carbonyl (C=O) groups is 2. The number of benzene rings is 2. The topological polar surface area (TPSA) is 58.6 Å². The Hall–Kier alpha value is -2.66. The third-order valence-electron chi connectivity index (χ3n) is 6.97. The third kappa shape index (κ3) is 5.39. The zero-order valence-electron chi connectivity index (χ0n) is 18.9. The molecule has 5 heteroatoms. The first-order valence-electron chi connectivity index (χ1n) is 11.9. The molecule has 32 heavy (non-hydrogen) atoms. The van der Waals surface area contributed by atoms with Crippen molar-refractivity contribution < 1.29 is 14.3 Å². The molecule has 0 unspecified atom stereocenters. The first kappa shape index (κ1) is 22.5. The summed E-state index contributed by atoms with van der Waals surface area (Å²) in [5.41, 5.74) is 1.94. The lowest BCUT2D eigenvalue weighted by molar-refractivity contribution is -0.146. The Kier molecular flexibility index (Phi) is 7.59. The van der Waals surface area contributed by atoms with Crippen LogP contribution >= 0.6 is 0 Å². The molecule has 1 saturated carbocycles. The summed E-state index contributed by atoms with van der Waals surface area (Å²) >= 11 is 0. The van der Waals surface area contributed by atoms with E-state index in [0.717, 1.165) is 17.7 Å². The maximum absolute atomic E-state index is 13.5. The molecule has 2 aromatic rings. The molecule has 1 amide bonds. The van der Waals surface area contributed by atoms with E-state index in [0.29, 0.717) is 18.9 Å². The van der Waals surface area contributed by atoms with Gasteiger partial charge in [0.25, 0.3) is 0 Å². The van der Waals surface area contributed by atoms with E-state index in [4.69, 9.17) is 4.74 Å². The lowest BCUT2D eigenvalue weighted by Gasteiger charge is -2.29. The molecule has 1 aliphatic carbocycles. The highest BCUT2D eigenvalue weighted by molar-refractivity contribution is 5.87. The number of likely N-dealkylation sites (tertiary alicyclic amines) is 1. The van der Waals surface area contributed by atoms with Gasteiger partial charge >= 0.3 is 5.97 Å². The van der Waals surface area contributed by atoms with Crippen LogP contribution in [0.25, 0.3) is 0 Å². The van der Waals surface area contributed by atoms with E-state index in [2.05, 4.69) is 10.2 Å². The van der Waals surface area contributed by atoms with Gasteiger partial charge in [0.1, 0.15) is 6.04 Å². The lowest BCUT2D eigenvalue weighted by atomic mass is 9.89. The second-order valence-electron chi connectivity index (χ2n) is 9.19. The van der Waals surface area contributed by atoms with Crippen LogP contribution in [-0.2, 0) is 14.3 Å². The molecular formula is C27H34N2O3. The van der Waals surface area contributed by atoms with E-state index in [1.54, 1.807) is 0 Å². The molecule has 1 aliphatic heterocycles. The number of nitrogens with zero attached hydrogens (tertiary/aromatic N) is 1. The number of ether oxygens (including phenoxy) is 1. The maximum Gasteiger partial charge on any atom is 0.323 e. The van der Waals surface area contributed by atoms with Gasteiger partial charge in [0.2, 0.25) is 5.91 Å². The average Bonchev–Trinajstić information content (AvgIpc) is 3.22. The van der Waals surface area contributed by atoms with Crippen molar-refractivity contribution in [2.24, 2.45) is 5.92 Å². The quantitative estimate of drug-likeness (QED) is 0.666. The van der Waals surface area contributed by atoms with Gasteiger partial charge in [-0.05, 0) is 36.3 Å². The van der Waals surface area contributed by atoms with Crippen molar-refractivity contribution in [1.29, 1.82) is 0 Å². The fraction of sp³-hybridized carbons (Fsp3) is 0.481. The Morgan fingerprint density at radius 3 is 2.12 bits per heavy atom. The van der Waals surface area contributed by atoms with Crippen LogP contribution in [0.2, 0.25) is 0 Å². The van der Waals surface area contributed by atoms with Gasteiger partial charge in [-0.25, -0.2) is 0 Å². The summed E-state index contributed by atoms with van der Waals surface area (Å²) in [6.45, 7) is 1.60. The molecule has 2 atom stereocenters. The predicted octanol–water partition coefficient (Wildman–Crippen LogP) is 4.13. The molecule has 0 spiro atoms. The molecule has 170 valence electrons. The standard InChI is InChI=1S/C27H34N2O3/c1-32-27(31)24-17-23(19-29(24)18-20-11-5-2-6-12-20)28-26(30)25(21-13-7-3-8-14-21)22-15-9-4-10-16-22/h3-4,7-10,13-16,20,23-25H,2,5-6,11-12,17-19H2,1H3,(H,28,30)/t23-,24+/m1/s1. The summed E-state index contributed by atoms with van der Waals surface area (Å²) in [6, 6.07) is 19.4. The highest BCUT2D eigenvalue weighted by atomic mass is 16.5. The number of rotatable bonds is 7. The Bertz CT molecular complexity index is 841. The predicted molar refractivity (Wildman–Crippen MR) is 125 cm³/mol. The Morgan fingerprint density at radius 2 is 1.56 bits per heavy atom. The van der Waals surface area contributed by atoms with Crippen LogP contribution in [0.5, 0.6) is 0 Å². The van der Waals surface area contributed by atoms with Crippen molar-refractivity contribution in [3.63, 3.8) is 0 Å². The van der Waals surface area contributed by atoms with Crippen molar-refractivity contribution in [3.05, 3.63) is 71.8 Å². The van der Waals surface area contributed by atoms with Gasteiger partial charge in [-0.1, -0.05) is 79.9 Å². The van der Waals surface area contributed by atoms with Crippen LogP contribution < -0.4 is 5.32 Å². The number of esters is 1. The number of hydrogen-bond acceptors (Lipinski definition) is 4. The van der Waals surface area contributed by atoms with Crippen molar-refractivity contribution in [1.82, 2.24) is 10.2 Å². The van der Waals surface area contributed by atoms with Crippen LogP contribution in [0.3, 0.4) is 0 Å². The van der Waals surface area contributed by atoms with Gasteiger partial charge in [0, 0.05) is 19.1 Å². The second kappa shape index (κ2) is 10.8. The van der Waals surface area contributed by atoms with Gasteiger partial charge in [0.05, 0.1) is 13.0 Å². The summed E-state index contributed by atoms with van der Waals surface area (Å²) in [6.07, 6.45) is 6.92. The van der Waals surface area contributed by atoms with Gasteiger partial charge in [0.15, 0.2) is 0 Å². The first-order chi connectivity index (χ1) is 15.7. The molecule has 5 nitrogen and oxygen atoms in total. The molecular weight excluding hydrogens is 400 g/mol. The Morgan fingerprint density at radius 1 is 0.969 bits per heavy atom. The Labute approximate surface area is 191 Å². The van der Waals surface area contributed by atoms with Crippen molar-refractivity contribution in [2.75, 3.05) is 20.2 Å². The van der Waals surface area contributed by atoms with E-state index < -0.39 is 0 Å². The number of amides is 1. The molecule has 2 fully saturated rings. The molecule has 1 N–H and O–H groups in total.